The van der Waals surface area contributed by atoms with Crippen molar-refractivity contribution in [2.45, 2.75) is 32.4 Å². The number of hydrogen-bond donors (Lipinski definition) is 1. The molecule has 1 nitrogen and oxygen atoms in total. The molecule has 0 saturated carbocycles. The topological polar surface area (TPSA) is 12.0 Å². The van der Waals surface area contributed by atoms with Crippen LogP contribution in [0.15, 0.2) is 24.3 Å². The van der Waals surface area contributed by atoms with Crippen LogP contribution in [0.3, 0.4) is 0 Å². The summed E-state index contributed by atoms with van der Waals surface area (Å²) in [5.41, 5.74) is 1.14. The minimum atomic E-state index is -2.38. The first-order chi connectivity index (χ1) is 8.17. The van der Waals surface area contributed by atoms with Gasteiger partial charge in [0.15, 0.2) is 0 Å². The Morgan fingerprint density at radius 3 is 2.35 bits per heavy atom. The zero-order valence-corrected chi connectivity index (χ0v) is 11.1. The van der Waals surface area contributed by atoms with E-state index in [0.717, 1.165) is 24.3 Å². The van der Waals surface area contributed by atoms with E-state index in [1.165, 1.54) is 12.1 Å². The Morgan fingerprint density at radius 1 is 1.24 bits per heavy atom. The van der Waals surface area contributed by atoms with Gasteiger partial charge in [-0.1, -0.05) is 31.2 Å². The van der Waals surface area contributed by atoms with Crippen molar-refractivity contribution in [2.75, 3.05) is 12.0 Å². The highest BCUT2D eigenvalue weighted by atomic mass is 32.2. The first-order valence-corrected chi connectivity index (χ1v) is 7.16. The summed E-state index contributed by atoms with van der Waals surface area (Å²) in [6.07, 6.45) is 0.787. The summed E-state index contributed by atoms with van der Waals surface area (Å²) in [6.45, 7) is 2.89. The number of halogens is 2. The Balaban J connectivity index is 2.46. The summed E-state index contributed by atoms with van der Waals surface area (Å²) in [4.78, 5) is 0. The van der Waals surface area contributed by atoms with E-state index in [1.54, 1.807) is 12.1 Å². The highest BCUT2D eigenvalue weighted by molar-refractivity contribution is 7.98. The number of thioether (sulfide) groups is 1. The highest BCUT2D eigenvalue weighted by Gasteiger charge is 2.07. The lowest BCUT2D eigenvalue weighted by Crippen LogP contribution is -2.30. The van der Waals surface area contributed by atoms with Crippen molar-refractivity contribution in [1.29, 1.82) is 0 Å². The fourth-order valence-corrected chi connectivity index (χ4v) is 2.32. The molecule has 0 saturated heterocycles. The van der Waals surface area contributed by atoms with Gasteiger partial charge in [0.1, 0.15) is 0 Å². The average Bonchev–Trinajstić information content (AvgIpc) is 2.35. The molecule has 0 aromatic heterocycles. The van der Waals surface area contributed by atoms with E-state index in [1.807, 2.05) is 11.8 Å². The SMILES string of the molecule is CCC(CSC)NCc1ccc(C(F)F)cc1. The van der Waals surface area contributed by atoms with E-state index in [2.05, 4.69) is 18.5 Å². The third kappa shape index (κ3) is 5.04. The van der Waals surface area contributed by atoms with E-state index in [4.69, 9.17) is 0 Å². The third-order valence-corrected chi connectivity index (χ3v) is 3.42. The first kappa shape index (κ1) is 14.5. The van der Waals surface area contributed by atoms with E-state index in [9.17, 15) is 8.78 Å². The van der Waals surface area contributed by atoms with Crippen LogP contribution >= 0.6 is 11.8 Å². The van der Waals surface area contributed by atoms with Crippen molar-refractivity contribution >= 4 is 11.8 Å². The second-order valence-electron chi connectivity index (χ2n) is 3.98. The van der Waals surface area contributed by atoms with Gasteiger partial charge in [0.2, 0.25) is 0 Å². The molecule has 0 spiro atoms. The van der Waals surface area contributed by atoms with E-state index < -0.39 is 6.43 Å². The molecule has 0 radical (unpaired) electrons. The summed E-state index contributed by atoms with van der Waals surface area (Å²) in [6, 6.07) is 7.01. The van der Waals surface area contributed by atoms with Gasteiger partial charge in [0, 0.05) is 23.9 Å². The molecule has 1 rings (SSSR count). The molecule has 1 atom stereocenters. The number of hydrogen-bond acceptors (Lipinski definition) is 2. The van der Waals surface area contributed by atoms with Crippen LogP contribution < -0.4 is 5.32 Å². The molecule has 1 N–H and O–H groups in total. The van der Waals surface area contributed by atoms with Gasteiger partial charge in [-0.25, -0.2) is 8.78 Å². The third-order valence-electron chi connectivity index (χ3n) is 2.69. The van der Waals surface area contributed by atoms with Crippen LogP contribution in [0.1, 0.15) is 30.9 Å². The van der Waals surface area contributed by atoms with Crippen LogP contribution in [0.4, 0.5) is 8.78 Å². The van der Waals surface area contributed by atoms with Gasteiger partial charge in [-0.3, -0.25) is 0 Å². The smallest absolute Gasteiger partial charge is 0.263 e. The molecule has 17 heavy (non-hydrogen) atoms. The van der Waals surface area contributed by atoms with E-state index in [0.29, 0.717) is 6.04 Å². The summed E-state index contributed by atoms with van der Waals surface area (Å²) >= 11 is 1.81. The lowest BCUT2D eigenvalue weighted by atomic mass is 10.1. The molecule has 96 valence electrons. The zero-order chi connectivity index (χ0) is 12.7. The van der Waals surface area contributed by atoms with Gasteiger partial charge in [-0.05, 0) is 18.2 Å². The van der Waals surface area contributed by atoms with Crippen molar-refractivity contribution in [1.82, 2.24) is 5.32 Å². The van der Waals surface area contributed by atoms with E-state index >= 15 is 0 Å². The van der Waals surface area contributed by atoms with Crippen LogP contribution in [0, 0.1) is 0 Å². The van der Waals surface area contributed by atoms with Gasteiger partial charge in [-0.15, -0.1) is 0 Å². The number of rotatable bonds is 7. The quantitative estimate of drug-likeness (QED) is 0.798. The fraction of sp³-hybridized carbons (Fsp3) is 0.538. The Labute approximate surface area is 106 Å². The zero-order valence-electron chi connectivity index (χ0n) is 10.2. The number of nitrogens with one attached hydrogen (secondary N) is 1. The predicted molar refractivity (Wildman–Crippen MR) is 70.7 cm³/mol. The molecule has 0 aliphatic rings. The molecule has 4 heteroatoms. The molecule has 0 bridgehead atoms. The molecule has 1 aromatic rings. The maximum atomic E-state index is 12.3. The summed E-state index contributed by atoms with van der Waals surface area (Å²) in [5, 5.41) is 3.43. The van der Waals surface area contributed by atoms with Crippen LogP contribution in [0.5, 0.6) is 0 Å². The molecule has 0 amide bonds. The minimum absolute atomic E-state index is 0.0879. The molecule has 0 heterocycles. The lowest BCUT2D eigenvalue weighted by Gasteiger charge is -2.15. The predicted octanol–water partition coefficient (Wildman–Crippen LogP) is 3.86. The van der Waals surface area contributed by atoms with Crippen LogP contribution in [0.2, 0.25) is 0 Å². The highest BCUT2D eigenvalue weighted by Crippen LogP contribution is 2.18. The summed E-state index contributed by atoms with van der Waals surface area (Å²) in [5.74, 6) is 1.08. The molecular formula is C13H19F2NS. The Kier molecular flexibility index (Phi) is 6.52. The van der Waals surface area contributed by atoms with Crippen molar-refractivity contribution in [3.05, 3.63) is 35.4 Å². The lowest BCUT2D eigenvalue weighted by molar-refractivity contribution is 0.151. The van der Waals surface area contributed by atoms with Gasteiger partial charge in [0.25, 0.3) is 6.43 Å². The van der Waals surface area contributed by atoms with Crippen LogP contribution in [0.25, 0.3) is 0 Å². The Bertz CT molecular complexity index is 314. The van der Waals surface area contributed by atoms with Crippen molar-refractivity contribution in [3.63, 3.8) is 0 Å². The largest absolute Gasteiger partial charge is 0.309 e. The summed E-state index contributed by atoms with van der Waals surface area (Å²) in [7, 11) is 0. The monoisotopic (exact) mass is 259 g/mol. The van der Waals surface area contributed by atoms with Gasteiger partial charge < -0.3 is 5.32 Å². The Morgan fingerprint density at radius 2 is 1.88 bits per heavy atom. The molecular weight excluding hydrogens is 240 g/mol. The fourth-order valence-electron chi connectivity index (χ4n) is 1.57. The second kappa shape index (κ2) is 7.67. The second-order valence-corrected chi connectivity index (χ2v) is 4.89. The average molecular weight is 259 g/mol. The van der Waals surface area contributed by atoms with Crippen molar-refractivity contribution < 1.29 is 8.78 Å². The minimum Gasteiger partial charge on any atom is -0.309 e. The van der Waals surface area contributed by atoms with Gasteiger partial charge in [-0.2, -0.15) is 11.8 Å². The molecule has 1 aromatic carbocycles. The maximum absolute atomic E-state index is 12.3. The molecule has 0 fully saturated rings. The van der Waals surface area contributed by atoms with Crippen LogP contribution in [-0.2, 0) is 6.54 Å². The van der Waals surface area contributed by atoms with E-state index in [-0.39, 0.29) is 5.56 Å². The standard InChI is InChI=1S/C13H19F2NS/c1-3-12(9-17-2)16-8-10-4-6-11(7-5-10)13(14)15/h4-7,12-13,16H,3,8-9H2,1-2H3. The molecule has 1 unspecified atom stereocenters. The Hall–Kier alpha value is -0.610. The number of benzene rings is 1. The first-order valence-electron chi connectivity index (χ1n) is 5.76. The molecule has 0 aliphatic carbocycles. The normalized spacial score (nSPS) is 13.0. The number of alkyl halides is 2. The van der Waals surface area contributed by atoms with Crippen molar-refractivity contribution in [3.8, 4) is 0 Å². The van der Waals surface area contributed by atoms with Gasteiger partial charge >= 0.3 is 0 Å². The van der Waals surface area contributed by atoms with Gasteiger partial charge in [0.05, 0.1) is 0 Å². The maximum Gasteiger partial charge on any atom is 0.263 e. The van der Waals surface area contributed by atoms with Crippen LogP contribution in [-0.4, -0.2) is 18.1 Å². The summed E-state index contributed by atoms with van der Waals surface area (Å²) < 4.78 is 24.7. The van der Waals surface area contributed by atoms with Crippen molar-refractivity contribution in [2.24, 2.45) is 0 Å². The molecule has 0 aliphatic heterocycles.